The molecule has 3 fully saturated rings. The number of benzene rings is 2. The van der Waals surface area contributed by atoms with Gasteiger partial charge in [-0.1, -0.05) is 36.4 Å². The fourth-order valence-corrected chi connectivity index (χ4v) is 8.38. The molecule has 192 valence electrons. The van der Waals surface area contributed by atoms with Crippen LogP contribution >= 0.6 is 0 Å². The highest BCUT2D eigenvalue weighted by Crippen LogP contribution is 2.67. The molecule has 0 radical (unpaired) electrons. The summed E-state index contributed by atoms with van der Waals surface area (Å²) in [4.78, 5) is 2.51. The second kappa shape index (κ2) is 7.23. The summed E-state index contributed by atoms with van der Waals surface area (Å²) in [6.45, 7) is 1.89. The van der Waals surface area contributed by atoms with Crippen LogP contribution < -0.4 is 4.74 Å². The van der Waals surface area contributed by atoms with Crippen LogP contribution in [0.25, 0.3) is 11.1 Å². The molecule has 7 heteroatoms. The summed E-state index contributed by atoms with van der Waals surface area (Å²) in [7, 11) is 0. The van der Waals surface area contributed by atoms with Crippen molar-refractivity contribution in [3.8, 4) is 34.4 Å². The van der Waals surface area contributed by atoms with E-state index >= 15 is 0 Å². The summed E-state index contributed by atoms with van der Waals surface area (Å²) in [6, 6.07) is 14.4. The van der Waals surface area contributed by atoms with E-state index in [1.807, 2.05) is 36.4 Å². The first-order valence-electron chi connectivity index (χ1n) is 13.6. The molecule has 0 unspecified atom stereocenters. The number of aromatic hydroxyl groups is 3. The summed E-state index contributed by atoms with van der Waals surface area (Å²) in [5.74, 6) is 1.26. The van der Waals surface area contributed by atoms with Crippen molar-refractivity contribution in [2.45, 2.75) is 67.7 Å². The molecular formula is C30H32N2O5. The molecule has 3 heterocycles. The highest BCUT2D eigenvalue weighted by molar-refractivity contribution is 5.71. The van der Waals surface area contributed by atoms with Gasteiger partial charge in [0.1, 0.15) is 6.10 Å². The van der Waals surface area contributed by atoms with Gasteiger partial charge in [-0.25, -0.2) is 0 Å². The lowest BCUT2D eigenvalue weighted by Crippen LogP contribution is -2.76. The first-order chi connectivity index (χ1) is 17.9. The third-order valence-electron chi connectivity index (χ3n) is 10.1. The lowest BCUT2D eigenvalue weighted by Gasteiger charge is -2.64. The number of hydrogen-bond acceptors (Lipinski definition) is 6. The Bertz CT molecular complexity index is 1420. The zero-order valence-electron chi connectivity index (χ0n) is 20.7. The molecule has 2 bridgehead atoms. The average molecular weight is 501 g/mol. The van der Waals surface area contributed by atoms with Crippen molar-refractivity contribution in [1.29, 1.82) is 0 Å². The SMILES string of the molecule is Oc1ccc2c3c1O[C@H]1[C@H](n4c(O)cc(-c5ccccc5)c4O)CC[C@@]4(O)[C@@H](C2)N(CC2CC2)CC[C@]314. The Balaban J connectivity index is 1.28. The van der Waals surface area contributed by atoms with E-state index in [0.717, 1.165) is 42.1 Å². The van der Waals surface area contributed by atoms with Crippen LogP contribution in [0.5, 0.6) is 23.3 Å². The number of phenolic OH excluding ortho intramolecular Hbond substituents is 1. The molecule has 2 aliphatic heterocycles. The van der Waals surface area contributed by atoms with Crippen molar-refractivity contribution in [2.75, 3.05) is 13.1 Å². The van der Waals surface area contributed by atoms with Gasteiger partial charge in [-0.2, -0.15) is 0 Å². The first kappa shape index (κ1) is 21.9. The molecule has 1 aromatic heterocycles. The van der Waals surface area contributed by atoms with Gasteiger partial charge in [0.15, 0.2) is 17.4 Å². The lowest BCUT2D eigenvalue weighted by atomic mass is 9.48. The van der Waals surface area contributed by atoms with Crippen LogP contribution in [0, 0.1) is 5.92 Å². The van der Waals surface area contributed by atoms with Crippen molar-refractivity contribution in [3.63, 3.8) is 0 Å². The predicted octanol–water partition coefficient (Wildman–Crippen LogP) is 4.08. The van der Waals surface area contributed by atoms with Crippen LogP contribution in [0.4, 0.5) is 0 Å². The van der Waals surface area contributed by atoms with Crippen LogP contribution in [0.3, 0.4) is 0 Å². The third-order valence-corrected chi connectivity index (χ3v) is 10.1. The van der Waals surface area contributed by atoms with Gasteiger partial charge in [0.05, 0.1) is 17.1 Å². The van der Waals surface area contributed by atoms with Crippen LogP contribution in [0.15, 0.2) is 48.5 Å². The molecule has 3 aromatic rings. The monoisotopic (exact) mass is 500 g/mol. The molecule has 2 aromatic carbocycles. The molecular weight excluding hydrogens is 468 g/mol. The predicted molar refractivity (Wildman–Crippen MR) is 137 cm³/mol. The van der Waals surface area contributed by atoms with Crippen molar-refractivity contribution in [2.24, 2.45) is 5.92 Å². The minimum absolute atomic E-state index is 0.00179. The number of aromatic nitrogens is 1. The Morgan fingerprint density at radius 2 is 1.78 bits per heavy atom. The normalized spacial score (nSPS) is 33.7. The topological polar surface area (TPSA) is 98.3 Å². The van der Waals surface area contributed by atoms with Crippen LogP contribution in [-0.2, 0) is 11.8 Å². The van der Waals surface area contributed by atoms with Crippen LogP contribution in [0.1, 0.15) is 49.3 Å². The number of likely N-dealkylation sites (tertiary alicyclic amines) is 1. The first-order valence-corrected chi connectivity index (χ1v) is 13.6. The Labute approximate surface area is 215 Å². The second-order valence-corrected chi connectivity index (χ2v) is 11.9. The fraction of sp³-hybridized carbons (Fsp3) is 0.467. The molecule has 3 aliphatic carbocycles. The number of rotatable bonds is 4. The largest absolute Gasteiger partial charge is 0.504 e. The van der Waals surface area contributed by atoms with E-state index in [4.69, 9.17) is 4.74 Å². The standard InChI is InChI=1S/C30H32N2O5/c33-22-9-8-19-14-23-30(36)11-10-21(32-24(34)15-20(28(32)35)18-4-2-1-3-5-18)27-29(30,25(19)26(22)37-27)12-13-31(23)16-17-6-7-17/h1-5,8-9,15,17,21,23,27,33-36H,6-7,10-14,16H2/t21-,23-,27+,29+,30-/m1/s1. The van der Waals surface area contributed by atoms with E-state index in [1.54, 1.807) is 16.7 Å². The van der Waals surface area contributed by atoms with Crippen LogP contribution in [-0.4, -0.2) is 60.7 Å². The Morgan fingerprint density at radius 3 is 2.57 bits per heavy atom. The minimum Gasteiger partial charge on any atom is -0.504 e. The number of nitrogens with zero attached hydrogens (tertiary/aromatic N) is 2. The summed E-state index contributed by atoms with van der Waals surface area (Å²) >= 11 is 0. The molecule has 37 heavy (non-hydrogen) atoms. The third kappa shape index (κ3) is 2.69. The van der Waals surface area contributed by atoms with Crippen molar-refractivity contribution in [1.82, 2.24) is 9.47 Å². The van der Waals surface area contributed by atoms with E-state index < -0.39 is 23.2 Å². The molecule has 8 rings (SSSR count). The average Bonchev–Trinajstić information content (AvgIpc) is 3.57. The van der Waals surface area contributed by atoms with Gasteiger partial charge in [-0.05, 0) is 68.2 Å². The number of ether oxygens (including phenoxy) is 1. The van der Waals surface area contributed by atoms with Crippen LogP contribution in [0.2, 0.25) is 0 Å². The molecule has 5 atom stereocenters. The minimum atomic E-state index is -1.01. The number of hydrogen-bond donors (Lipinski definition) is 4. The number of phenols is 1. The van der Waals surface area contributed by atoms with Gasteiger partial charge in [-0.3, -0.25) is 9.47 Å². The van der Waals surface area contributed by atoms with Gasteiger partial charge in [0.25, 0.3) is 0 Å². The summed E-state index contributed by atoms with van der Waals surface area (Å²) in [6.07, 6.45) is 4.56. The molecule has 2 saturated carbocycles. The van der Waals surface area contributed by atoms with E-state index in [1.165, 1.54) is 12.8 Å². The van der Waals surface area contributed by atoms with Gasteiger partial charge in [0.2, 0.25) is 5.88 Å². The molecule has 5 aliphatic rings. The Kier molecular flexibility index (Phi) is 4.28. The quantitative estimate of drug-likeness (QED) is 0.431. The molecule has 7 nitrogen and oxygen atoms in total. The molecule has 0 amide bonds. The van der Waals surface area contributed by atoms with Crippen molar-refractivity contribution >= 4 is 0 Å². The Hall–Kier alpha value is -3.16. The highest BCUT2D eigenvalue weighted by Gasteiger charge is 2.73. The van der Waals surface area contributed by atoms with Gasteiger partial charge >= 0.3 is 0 Å². The maximum atomic E-state index is 12.7. The second-order valence-electron chi connectivity index (χ2n) is 11.9. The summed E-state index contributed by atoms with van der Waals surface area (Å²) in [5.41, 5.74) is 1.75. The molecule has 4 N–H and O–H groups in total. The number of piperidine rings is 1. The lowest BCUT2D eigenvalue weighted by molar-refractivity contribution is -0.196. The maximum absolute atomic E-state index is 12.7. The van der Waals surface area contributed by atoms with Gasteiger partial charge in [-0.15, -0.1) is 0 Å². The zero-order valence-corrected chi connectivity index (χ0v) is 20.7. The van der Waals surface area contributed by atoms with E-state index in [0.29, 0.717) is 30.6 Å². The van der Waals surface area contributed by atoms with Crippen molar-refractivity contribution < 1.29 is 25.2 Å². The molecule has 1 saturated heterocycles. The van der Waals surface area contributed by atoms with E-state index in [2.05, 4.69) is 4.90 Å². The van der Waals surface area contributed by atoms with Crippen molar-refractivity contribution in [3.05, 3.63) is 59.7 Å². The summed E-state index contributed by atoms with van der Waals surface area (Å²) in [5, 5.41) is 46.0. The van der Waals surface area contributed by atoms with E-state index in [-0.39, 0.29) is 23.6 Å². The Morgan fingerprint density at radius 1 is 0.973 bits per heavy atom. The maximum Gasteiger partial charge on any atom is 0.202 e. The highest BCUT2D eigenvalue weighted by atomic mass is 16.5. The van der Waals surface area contributed by atoms with Gasteiger partial charge < -0.3 is 25.2 Å². The zero-order chi connectivity index (χ0) is 25.1. The fourth-order valence-electron chi connectivity index (χ4n) is 8.38. The molecule has 1 spiro atoms. The number of aliphatic hydroxyl groups is 1. The van der Waals surface area contributed by atoms with Gasteiger partial charge in [0, 0.05) is 29.8 Å². The van der Waals surface area contributed by atoms with E-state index in [9.17, 15) is 20.4 Å². The summed E-state index contributed by atoms with van der Waals surface area (Å²) < 4.78 is 8.21. The smallest absolute Gasteiger partial charge is 0.202 e.